The van der Waals surface area contributed by atoms with Crippen LogP contribution in [0.3, 0.4) is 0 Å². The van der Waals surface area contributed by atoms with Crippen molar-refractivity contribution in [2.45, 2.75) is 57.9 Å². The third-order valence-corrected chi connectivity index (χ3v) is 4.55. The normalized spacial score (nSPS) is 25.2. The molecule has 1 aliphatic rings. The number of hydrogen-bond donors (Lipinski definition) is 2. The van der Waals surface area contributed by atoms with Gasteiger partial charge in [0.1, 0.15) is 0 Å². The highest BCUT2D eigenvalue weighted by Gasteiger charge is 2.27. The van der Waals surface area contributed by atoms with Crippen molar-refractivity contribution >= 4 is 0 Å². The number of hydrazine groups is 1. The second-order valence-corrected chi connectivity index (χ2v) is 5.85. The van der Waals surface area contributed by atoms with E-state index in [-0.39, 0.29) is 6.04 Å². The number of nitrogens with two attached hydrogens (primary N) is 1. The Morgan fingerprint density at radius 3 is 2.74 bits per heavy atom. The lowest BCUT2D eigenvalue weighted by Gasteiger charge is -2.33. The molecule has 19 heavy (non-hydrogen) atoms. The minimum absolute atomic E-state index is 0.265. The zero-order valence-electron chi connectivity index (χ0n) is 12.0. The van der Waals surface area contributed by atoms with Gasteiger partial charge in [0, 0.05) is 12.4 Å². The van der Waals surface area contributed by atoms with Crippen molar-refractivity contribution in [3.63, 3.8) is 0 Å². The molecule has 1 aromatic heterocycles. The summed E-state index contributed by atoms with van der Waals surface area (Å²) in [5, 5.41) is 0. The average molecular weight is 261 g/mol. The van der Waals surface area contributed by atoms with Gasteiger partial charge in [0.25, 0.3) is 0 Å². The fraction of sp³-hybridized carbons (Fsp3) is 0.688. The summed E-state index contributed by atoms with van der Waals surface area (Å²) < 4.78 is 0. The van der Waals surface area contributed by atoms with Crippen LogP contribution in [0.5, 0.6) is 0 Å². The van der Waals surface area contributed by atoms with Crippen molar-refractivity contribution in [3.05, 3.63) is 30.1 Å². The molecular formula is C16H27N3. The van der Waals surface area contributed by atoms with Crippen molar-refractivity contribution in [1.82, 2.24) is 10.4 Å². The number of unbranched alkanes of at least 4 members (excludes halogenated alkanes) is 1. The predicted octanol–water partition coefficient (Wildman–Crippen LogP) is 3.58. The molecule has 0 aliphatic heterocycles. The van der Waals surface area contributed by atoms with Gasteiger partial charge in [0.05, 0.1) is 6.04 Å². The summed E-state index contributed by atoms with van der Waals surface area (Å²) in [7, 11) is 0. The van der Waals surface area contributed by atoms with Crippen LogP contribution in [0.2, 0.25) is 0 Å². The van der Waals surface area contributed by atoms with Crippen molar-refractivity contribution in [3.8, 4) is 0 Å². The summed E-state index contributed by atoms with van der Waals surface area (Å²) in [6.45, 7) is 2.28. The highest BCUT2D eigenvalue weighted by molar-refractivity contribution is 5.15. The quantitative estimate of drug-likeness (QED) is 0.608. The minimum Gasteiger partial charge on any atom is -0.271 e. The smallest absolute Gasteiger partial charge is 0.0503 e. The van der Waals surface area contributed by atoms with Gasteiger partial charge in [-0.05, 0) is 36.3 Å². The third-order valence-electron chi connectivity index (χ3n) is 4.55. The summed E-state index contributed by atoms with van der Waals surface area (Å²) in [6.07, 6.45) is 13.2. The first-order chi connectivity index (χ1) is 9.35. The number of nitrogens with zero attached hydrogens (tertiary/aromatic N) is 1. The minimum atomic E-state index is 0.265. The lowest BCUT2D eigenvalue weighted by atomic mass is 9.75. The van der Waals surface area contributed by atoms with Gasteiger partial charge in [-0.25, -0.2) is 0 Å². The highest BCUT2D eigenvalue weighted by atomic mass is 15.2. The molecule has 3 heteroatoms. The lowest BCUT2D eigenvalue weighted by Crippen LogP contribution is -2.35. The number of hydrogen-bond acceptors (Lipinski definition) is 3. The van der Waals surface area contributed by atoms with E-state index in [4.69, 9.17) is 5.84 Å². The molecule has 0 spiro atoms. The van der Waals surface area contributed by atoms with Crippen LogP contribution in [0, 0.1) is 11.8 Å². The Morgan fingerprint density at radius 2 is 2.16 bits per heavy atom. The van der Waals surface area contributed by atoms with Gasteiger partial charge in [0.2, 0.25) is 0 Å². The predicted molar refractivity (Wildman–Crippen MR) is 79.3 cm³/mol. The number of nitrogens with one attached hydrogen (secondary N) is 1. The van der Waals surface area contributed by atoms with Gasteiger partial charge >= 0.3 is 0 Å². The maximum absolute atomic E-state index is 5.77. The maximum Gasteiger partial charge on any atom is 0.0503 e. The van der Waals surface area contributed by atoms with Crippen LogP contribution in [0.25, 0.3) is 0 Å². The molecule has 1 atom stereocenters. The first-order valence-electron chi connectivity index (χ1n) is 7.71. The first-order valence-corrected chi connectivity index (χ1v) is 7.71. The number of pyridine rings is 1. The molecule has 0 bridgehead atoms. The Kier molecular flexibility index (Phi) is 5.80. The van der Waals surface area contributed by atoms with Crippen LogP contribution in [-0.2, 0) is 0 Å². The Bertz CT molecular complexity index is 344. The van der Waals surface area contributed by atoms with E-state index in [2.05, 4.69) is 23.4 Å². The van der Waals surface area contributed by atoms with Crippen molar-refractivity contribution < 1.29 is 0 Å². The summed E-state index contributed by atoms with van der Waals surface area (Å²) in [4.78, 5) is 4.21. The van der Waals surface area contributed by atoms with Crippen LogP contribution in [0.15, 0.2) is 24.5 Å². The van der Waals surface area contributed by atoms with Gasteiger partial charge < -0.3 is 0 Å². The van der Waals surface area contributed by atoms with Crippen molar-refractivity contribution in [2.75, 3.05) is 0 Å². The summed E-state index contributed by atoms with van der Waals surface area (Å²) >= 11 is 0. The Labute approximate surface area is 117 Å². The maximum atomic E-state index is 5.77. The van der Waals surface area contributed by atoms with Gasteiger partial charge in [-0.2, -0.15) is 0 Å². The second kappa shape index (κ2) is 7.61. The molecule has 1 unspecified atom stereocenters. The molecule has 0 saturated heterocycles. The van der Waals surface area contributed by atoms with Crippen LogP contribution >= 0.6 is 0 Å². The van der Waals surface area contributed by atoms with Gasteiger partial charge in [-0.15, -0.1) is 0 Å². The van der Waals surface area contributed by atoms with Gasteiger partial charge in [-0.3, -0.25) is 16.3 Å². The van der Waals surface area contributed by atoms with Gasteiger partial charge in [0.15, 0.2) is 0 Å². The fourth-order valence-electron chi connectivity index (χ4n) is 3.37. The average Bonchev–Trinajstić information content (AvgIpc) is 2.48. The fourth-order valence-corrected chi connectivity index (χ4v) is 3.37. The monoisotopic (exact) mass is 261 g/mol. The van der Waals surface area contributed by atoms with E-state index < -0.39 is 0 Å². The van der Waals surface area contributed by atoms with E-state index in [1.54, 1.807) is 0 Å². The van der Waals surface area contributed by atoms with E-state index in [9.17, 15) is 0 Å². The zero-order chi connectivity index (χ0) is 13.5. The lowest BCUT2D eigenvalue weighted by molar-refractivity contribution is 0.213. The molecule has 0 amide bonds. The molecule has 1 fully saturated rings. The van der Waals surface area contributed by atoms with E-state index >= 15 is 0 Å². The zero-order valence-corrected chi connectivity index (χ0v) is 12.0. The molecule has 2 rings (SSSR count). The topological polar surface area (TPSA) is 50.9 Å². The molecular weight excluding hydrogens is 234 g/mol. The van der Waals surface area contributed by atoms with E-state index in [0.29, 0.717) is 5.92 Å². The Morgan fingerprint density at radius 1 is 1.37 bits per heavy atom. The van der Waals surface area contributed by atoms with Crippen molar-refractivity contribution in [2.24, 2.45) is 17.7 Å². The molecule has 3 N–H and O–H groups in total. The largest absolute Gasteiger partial charge is 0.271 e. The molecule has 1 saturated carbocycles. The molecule has 0 aromatic carbocycles. The molecule has 1 aromatic rings. The standard InChI is InChI=1S/C16H27N3/c1-2-3-5-13-7-9-14(10-8-13)16(19-17)15-6-4-11-18-12-15/h4,6,11-14,16,19H,2-3,5,7-10,17H2,1H3. The van der Waals surface area contributed by atoms with Crippen LogP contribution in [0.4, 0.5) is 0 Å². The Balaban J connectivity index is 1.89. The third kappa shape index (κ3) is 4.02. The van der Waals surface area contributed by atoms with Crippen LogP contribution < -0.4 is 11.3 Å². The molecule has 0 radical (unpaired) electrons. The summed E-state index contributed by atoms with van der Waals surface area (Å²) in [5.74, 6) is 7.38. The highest BCUT2D eigenvalue weighted by Crippen LogP contribution is 2.38. The van der Waals surface area contributed by atoms with Crippen LogP contribution in [0.1, 0.15) is 63.5 Å². The second-order valence-electron chi connectivity index (χ2n) is 5.85. The van der Waals surface area contributed by atoms with Crippen LogP contribution in [-0.4, -0.2) is 4.98 Å². The summed E-state index contributed by atoms with van der Waals surface area (Å²) in [6, 6.07) is 4.38. The van der Waals surface area contributed by atoms with E-state index in [1.807, 2.05) is 18.5 Å². The van der Waals surface area contributed by atoms with Gasteiger partial charge in [-0.1, -0.05) is 45.1 Å². The Hall–Kier alpha value is -0.930. The number of aromatic nitrogens is 1. The molecule has 106 valence electrons. The summed E-state index contributed by atoms with van der Waals surface area (Å²) in [5.41, 5.74) is 4.23. The van der Waals surface area contributed by atoms with E-state index in [0.717, 1.165) is 5.92 Å². The number of rotatable bonds is 6. The molecule has 3 nitrogen and oxygen atoms in total. The van der Waals surface area contributed by atoms with E-state index in [1.165, 1.54) is 50.5 Å². The SMILES string of the molecule is CCCCC1CCC(C(NN)c2cccnc2)CC1. The first kappa shape index (κ1) is 14.5. The molecule has 1 heterocycles. The molecule has 1 aliphatic carbocycles. The van der Waals surface area contributed by atoms with Crippen molar-refractivity contribution in [1.29, 1.82) is 0 Å².